The number of benzene rings is 2. The Kier molecular flexibility index (Phi) is 4.18. The monoisotopic (exact) mass is 352 g/mol. The van der Waals surface area contributed by atoms with Crippen LogP contribution in [0.5, 0.6) is 0 Å². The van der Waals surface area contributed by atoms with E-state index in [9.17, 15) is 17.6 Å². The van der Waals surface area contributed by atoms with Crippen molar-refractivity contribution in [1.82, 2.24) is 0 Å². The number of aliphatic imine (C=N–C) groups is 1. The van der Waals surface area contributed by atoms with Crippen molar-refractivity contribution in [1.29, 1.82) is 0 Å². The van der Waals surface area contributed by atoms with E-state index in [0.717, 1.165) is 5.56 Å². The van der Waals surface area contributed by atoms with Crippen molar-refractivity contribution in [3.63, 3.8) is 0 Å². The molecule has 0 amide bonds. The number of nitrogens with zero attached hydrogens (tertiary/aromatic N) is 1. The third kappa shape index (κ3) is 3.45. The van der Waals surface area contributed by atoms with Crippen LogP contribution in [0.4, 0.5) is 17.6 Å². The van der Waals surface area contributed by atoms with Gasteiger partial charge >= 0.3 is 6.18 Å². The maximum Gasteiger partial charge on any atom is 0.425 e. The minimum absolute atomic E-state index is 0.0503. The van der Waals surface area contributed by atoms with Crippen LogP contribution in [0.1, 0.15) is 18.9 Å². The van der Waals surface area contributed by atoms with Crippen LogP contribution in [0.2, 0.25) is 0 Å². The van der Waals surface area contributed by atoms with Gasteiger partial charge in [0.05, 0.1) is 5.54 Å². The van der Waals surface area contributed by atoms with Crippen molar-refractivity contribution in [3.8, 4) is 11.1 Å². The molecule has 2 aromatic rings. The highest BCUT2D eigenvalue weighted by Crippen LogP contribution is 2.41. The molecule has 132 valence electrons. The van der Waals surface area contributed by atoms with E-state index in [1.165, 1.54) is 19.1 Å². The van der Waals surface area contributed by atoms with Gasteiger partial charge in [-0.15, -0.1) is 0 Å². The molecule has 0 saturated carbocycles. The Morgan fingerprint density at radius 2 is 1.80 bits per heavy atom. The lowest BCUT2D eigenvalue weighted by Crippen LogP contribution is -2.46. The first kappa shape index (κ1) is 17.3. The van der Waals surface area contributed by atoms with Gasteiger partial charge in [-0.05, 0) is 30.2 Å². The van der Waals surface area contributed by atoms with Gasteiger partial charge in [0.15, 0.2) is 6.10 Å². The Balaban J connectivity index is 2.07. The average molecular weight is 352 g/mol. The Morgan fingerprint density at radius 1 is 1.12 bits per heavy atom. The third-order valence-corrected chi connectivity index (χ3v) is 4.22. The maximum atomic E-state index is 14.4. The number of amidine groups is 1. The van der Waals surface area contributed by atoms with Crippen LogP contribution in [0.3, 0.4) is 0 Å². The predicted octanol–water partition coefficient (Wildman–Crippen LogP) is 4.37. The molecule has 3 rings (SSSR count). The SMILES string of the molecule is C[C@@]1(c2cc(-c3ccccc3)ccc2F)C[C@@H](C(F)(F)F)OC(N)=N1. The first-order valence-corrected chi connectivity index (χ1v) is 7.63. The minimum atomic E-state index is -4.62. The van der Waals surface area contributed by atoms with Gasteiger partial charge in [0.25, 0.3) is 6.02 Å². The van der Waals surface area contributed by atoms with E-state index in [1.54, 1.807) is 6.07 Å². The molecule has 2 N–H and O–H groups in total. The van der Waals surface area contributed by atoms with Crippen LogP contribution in [0.25, 0.3) is 11.1 Å². The lowest BCUT2D eigenvalue weighted by Gasteiger charge is -2.36. The quantitative estimate of drug-likeness (QED) is 0.816. The molecule has 2 atom stereocenters. The molecule has 3 nitrogen and oxygen atoms in total. The Bertz CT molecular complexity index is 804. The minimum Gasteiger partial charge on any atom is -0.452 e. The van der Waals surface area contributed by atoms with Gasteiger partial charge in [-0.3, -0.25) is 0 Å². The molecule has 25 heavy (non-hydrogen) atoms. The number of alkyl halides is 3. The van der Waals surface area contributed by atoms with Gasteiger partial charge < -0.3 is 10.5 Å². The second-order valence-corrected chi connectivity index (χ2v) is 6.14. The van der Waals surface area contributed by atoms with E-state index in [-0.39, 0.29) is 5.56 Å². The molecule has 0 unspecified atom stereocenters. The zero-order valence-corrected chi connectivity index (χ0v) is 13.3. The maximum absolute atomic E-state index is 14.4. The third-order valence-electron chi connectivity index (χ3n) is 4.22. The van der Waals surface area contributed by atoms with Crippen molar-refractivity contribution in [2.45, 2.75) is 31.2 Å². The van der Waals surface area contributed by atoms with Crippen LogP contribution in [-0.2, 0) is 10.3 Å². The van der Waals surface area contributed by atoms with E-state index >= 15 is 0 Å². The number of nitrogens with two attached hydrogens (primary N) is 1. The van der Waals surface area contributed by atoms with Crippen LogP contribution < -0.4 is 5.73 Å². The summed E-state index contributed by atoms with van der Waals surface area (Å²) in [5, 5.41) is 0. The number of hydrogen-bond donors (Lipinski definition) is 1. The molecule has 1 aliphatic rings. The summed E-state index contributed by atoms with van der Waals surface area (Å²) in [7, 11) is 0. The fraction of sp³-hybridized carbons (Fsp3) is 0.278. The molecule has 7 heteroatoms. The molecule has 2 aromatic carbocycles. The lowest BCUT2D eigenvalue weighted by molar-refractivity contribution is -0.208. The van der Waals surface area contributed by atoms with Gasteiger partial charge in [0, 0.05) is 12.0 Å². The van der Waals surface area contributed by atoms with Crippen molar-refractivity contribution in [3.05, 3.63) is 59.9 Å². The highest BCUT2D eigenvalue weighted by Gasteiger charge is 2.50. The second-order valence-electron chi connectivity index (χ2n) is 6.14. The standard InChI is InChI=1S/C18H16F4N2O/c1-17(10-15(18(20,21)22)25-16(23)24-17)13-9-12(7-8-14(13)19)11-5-3-2-4-6-11/h2-9,15H,10H2,1H3,(H2,23,24)/t15-,17-/m0/s1. The normalized spacial score (nSPS) is 23.7. The first-order chi connectivity index (χ1) is 11.7. The Labute approximate surface area is 142 Å². The van der Waals surface area contributed by atoms with E-state index in [1.807, 2.05) is 30.3 Å². The molecule has 0 spiro atoms. The number of hydrogen-bond acceptors (Lipinski definition) is 3. The summed E-state index contributed by atoms with van der Waals surface area (Å²) in [6.07, 6.45) is -7.29. The zero-order valence-electron chi connectivity index (χ0n) is 13.3. The zero-order chi connectivity index (χ0) is 18.2. The van der Waals surface area contributed by atoms with Crippen molar-refractivity contribution in [2.75, 3.05) is 0 Å². The summed E-state index contributed by atoms with van der Waals surface area (Å²) in [5.74, 6) is -0.637. The Hall–Kier alpha value is -2.57. The van der Waals surface area contributed by atoms with E-state index < -0.39 is 36.1 Å². The van der Waals surface area contributed by atoms with Crippen LogP contribution in [0.15, 0.2) is 53.5 Å². The lowest BCUT2D eigenvalue weighted by atomic mass is 9.84. The predicted molar refractivity (Wildman–Crippen MR) is 86.4 cm³/mol. The molecule has 0 radical (unpaired) electrons. The van der Waals surface area contributed by atoms with Crippen molar-refractivity contribution < 1.29 is 22.3 Å². The fourth-order valence-corrected chi connectivity index (χ4v) is 2.96. The summed E-state index contributed by atoms with van der Waals surface area (Å²) in [5.41, 5.74) is 5.52. The van der Waals surface area contributed by atoms with Gasteiger partial charge in [0.2, 0.25) is 0 Å². The average Bonchev–Trinajstić information content (AvgIpc) is 2.54. The number of halogens is 4. The molecular weight excluding hydrogens is 336 g/mol. The second kappa shape index (κ2) is 6.06. The molecule has 0 aromatic heterocycles. The van der Waals surface area contributed by atoms with E-state index in [2.05, 4.69) is 9.73 Å². The highest BCUT2D eigenvalue weighted by molar-refractivity contribution is 5.73. The molecule has 0 bridgehead atoms. The summed E-state index contributed by atoms with van der Waals surface area (Å²) in [6, 6.07) is 12.9. The number of ether oxygens (including phenoxy) is 1. The van der Waals surface area contributed by atoms with E-state index in [4.69, 9.17) is 5.73 Å². The first-order valence-electron chi connectivity index (χ1n) is 7.63. The Morgan fingerprint density at radius 3 is 2.44 bits per heavy atom. The topological polar surface area (TPSA) is 47.6 Å². The molecule has 0 fully saturated rings. The molecule has 1 aliphatic heterocycles. The molecule has 0 aliphatic carbocycles. The van der Waals surface area contributed by atoms with Gasteiger partial charge in [-0.1, -0.05) is 36.4 Å². The summed E-state index contributed by atoms with van der Waals surface area (Å²) < 4.78 is 58.3. The molecule has 0 saturated heterocycles. The van der Waals surface area contributed by atoms with Gasteiger partial charge in [-0.2, -0.15) is 13.2 Å². The largest absolute Gasteiger partial charge is 0.452 e. The number of rotatable bonds is 2. The van der Waals surface area contributed by atoms with Crippen molar-refractivity contribution in [2.24, 2.45) is 10.7 Å². The fourth-order valence-electron chi connectivity index (χ4n) is 2.96. The van der Waals surface area contributed by atoms with Crippen LogP contribution >= 0.6 is 0 Å². The van der Waals surface area contributed by atoms with Crippen molar-refractivity contribution >= 4 is 6.02 Å². The highest BCUT2D eigenvalue weighted by atomic mass is 19.4. The van der Waals surface area contributed by atoms with Crippen LogP contribution in [-0.4, -0.2) is 18.3 Å². The van der Waals surface area contributed by atoms with Gasteiger partial charge in [0.1, 0.15) is 5.82 Å². The summed E-state index contributed by atoms with van der Waals surface area (Å²) in [6.45, 7) is 1.42. The van der Waals surface area contributed by atoms with E-state index in [0.29, 0.717) is 5.56 Å². The van der Waals surface area contributed by atoms with Crippen LogP contribution in [0, 0.1) is 5.82 Å². The smallest absolute Gasteiger partial charge is 0.425 e. The molecule has 1 heterocycles. The summed E-state index contributed by atoms with van der Waals surface area (Å²) in [4.78, 5) is 3.98. The molecular formula is C18H16F4N2O. The van der Waals surface area contributed by atoms with Gasteiger partial charge in [-0.25, -0.2) is 9.38 Å². The summed E-state index contributed by atoms with van der Waals surface area (Å²) >= 11 is 0.